The third-order valence-electron chi connectivity index (χ3n) is 3.00. The monoisotopic (exact) mass is 205 g/mol. The van der Waals surface area contributed by atoms with Crippen molar-refractivity contribution in [3.63, 3.8) is 0 Å². The lowest BCUT2D eigenvalue weighted by molar-refractivity contribution is 0.177. The fraction of sp³-hybridized carbons (Fsp3) is 0.636. The predicted octanol–water partition coefficient (Wildman–Crippen LogP) is 1.10. The summed E-state index contributed by atoms with van der Waals surface area (Å²) in [4.78, 5) is 9.14. The molecule has 0 amide bonds. The minimum absolute atomic E-state index is 0.521. The Morgan fingerprint density at radius 3 is 2.93 bits per heavy atom. The lowest BCUT2D eigenvalue weighted by Gasteiger charge is -2.07. The quantitative estimate of drug-likeness (QED) is 0.802. The summed E-state index contributed by atoms with van der Waals surface area (Å²) in [6.07, 6.45) is 2.58. The van der Waals surface area contributed by atoms with E-state index >= 15 is 0 Å². The highest BCUT2D eigenvalue weighted by molar-refractivity contribution is 5.33. The summed E-state index contributed by atoms with van der Waals surface area (Å²) in [6.45, 7) is 2.34. The number of nitrogens with zero attached hydrogens (tertiary/aromatic N) is 2. The van der Waals surface area contributed by atoms with Gasteiger partial charge >= 0.3 is 0 Å². The van der Waals surface area contributed by atoms with E-state index in [0.717, 1.165) is 18.9 Å². The number of rotatable bonds is 3. The van der Waals surface area contributed by atoms with Crippen molar-refractivity contribution in [2.75, 3.05) is 7.11 Å². The SMILES string of the molecule is COCc1nc2c(c(C3CC3)n1)CNC2. The van der Waals surface area contributed by atoms with E-state index in [0.29, 0.717) is 12.5 Å². The van der Waals surface area contributed by atoms with Crippen LogP contribution in [0.5, 0.6) is 0 Å². The summed E-state index contributed by atoms with van der Waals surface area (Å²) in [5, 5.41) is 3.34. The topological polar surface area (TPSA) is 47.0 Å². The molecule has 0 atom stereocenters. The van der Waals surface area contributed by atoms with Crippen LogP contribution in [0.3, 0.4) is 0 Å². The van der Waals surface area contributed by atoms with Crippen LogP contribution in [0, 0.1) is 0 Å². The molecule has 1 saturated carbocycles. The van der Waals surface area contributed by atoms with E-state index in [1.54, 1.807) is 7.11 Å². The number of hydrogen-bond donors (Lipinski definition) is 1. The Kier molecular flexibility index (Phi) is 2.18. The van der Waals surface area contributed by atoms with Gasteiger partial charge in [-0.1, -0.05) is 0 Å². The van der Waals surface area contributed by atoms with Gasteiger partial charge in [-0.2, -0.15) is 0 Å². The molecule has 4 heteroatoms. The van der Waals surface area contributed by atoms with Crippen LogP contribution < -0.4 is 5.32 Å². The van der Waals surface area contributed by atoms with Gasteiger partial charge in [0.05, 0.1) is 11.4 Å². The Labute approximate surface area is 89.1 Å². The molecule has 3 rings (SSSR count). The van der Waals surface area contributed by atoms with Gasteiger partial charge < -0.3 is 10.1 Å². The second kappa shape index (κ2) is 3.54. The number of hydrogen-bond acceptors (Lipinski definition) is 4. The summed E-state index contributed by atoms with van der Waals surface area (Å²) in [5.74, 6) is 1.53. The first kappa shape index (κ1) is 9.24. The third-order valence-corrected chi connectivity index (χ3v) is 3.00. The highest BCUT2D eigenvalue weighted by Gasteiger charge is 2.31. The Morgan fingerprint density at radius 1 is 1.33 bits per heavy atom. The van der Waals surface area contributed by atoms with Crippen molar-refractivity contribution < 1.29 is 4.74 Å². The summed E-state index contributed by atoms with van der Waals surface area (Å²) >= 11 is 0. The minimum Gasteiger partial charge on any atom is -0.377 e. The fourth-order valence-corrected chi connectivity index (χ4v) is 2.14. The van der Waals surface area contributed by atoms with E-state index in [1.807, 2.05) is 0 Å². The van der Waals surface area contributed by atoms with Crippen molar-refractivity contribution in [3.8, 4) is 0 Å². The number of ether oxygens (including phenoxy) is 1. The maximum Gasteiger partial charge on any atom is 0.154 e. The first-order chi connectivity index (χ1) is 7.38. The largest absolute Gasteiger partial charge is 0.377 e. The van der Waals surface area contributed by atoms with Crippen LogP contribution in [0.4, 0.5) is 0 Å². The van der Waals surface area contributed by atoms with E-state index < -0.39 is 0 Å². The highest BCUT2D eigenvalue weighted by Crippen LogP contribution is 2.41. The number of methoxy groups -OCH3 is 1. The average Bonchev–Trinajstić information content (AvgIpc) is 2.97. The molecule has 1 aliphatic heterocycles. The average molecular weight is 205 g/mol. The summed E-state index contributed by atoms with van der Waals surface area (Å²) in [7, 11) is 1.69. The molecule has 0 aromatic carbocycles. The van der Waals surface area contributed by atoms with Gasteiger partial charge in [0.25, 0.3) is 0 Å². The van der Waals surface area contributed by atoms with Gasteiger partial charge in [-0.25, -0.2) is 9.97 Å². The van der Waals surface area contributed by atoms with Gasteiger partial charge in [-0.15, -0.1) is 0 Å². The fourth-order valence-electron chi connectivity index (χ4n) is 2.14. The smallest absolute Gasteiger partial charge is 0.154 e. The van der Waals surface area contributed by atoms with Crippen LogP contribution in [-0.4, -0.2) is 17.1 Å². The molecular weight excluding hydrogens is 190 g/mol. The standard InChI is InChI=1S/C11H15N3O/c1-15-6-10-13-9-5-12-4-8(9)11(14-10)7-2-3-7/h7,12H,2-6H2,1H3. The van der Waals surface area contributed by atoms with Crippen molar-refractivity contribution in [3.05, 3.63) is 22.8 Å². The molecule has 1 aromatic heterocycles. The summed E-state index contributed by atoms with van der Waals surface area (Å²) in [5.41, 5.74) is 3.80. The molecule has 0 unspecified atom stereocenters. The number of aromatic nitrogens is 2. The van der Waals surface area contributed by atoms with E-state index in [-0.39, 0.29) is 0 Å². The van der Waals surface area contributed by atoms with Gasteiger partial charge in [-0.05, 0) is 12.8 Å². The Hall–Kier alpha value is -1.00. The molecule has 2 aliphatic rings. The first-order valence-electron chi connectivity index (χ1n) is 5.46. The Morgan fingerprint density at radius 2 is 2.20 bits per heavy atom. The second-order valence-electron chi connectivity index (χ2n) is 4.26. The van der Waals surface area contributed by atoms with Crippen molar-refractivity contribution in [1.82, 2.24) is 15.3 Å². The molecule has 1 fully saturated rings. The first-order valence-corrected chi connectivity index (χ1v) is 5.46. The van der Waals surface area contributed by atoms with Crippen LogP contribution in [0.25, 0.3) is 0 Å². The van der Waals surface area contributed by atoms with Crippen LogP contribution in [-0.2, 0) is 24.4 Å². The van der Waals surface area contributed by atoms with Crippen LogP contribution in [0.1, 0.15) is 41.5 Å². The van der Waals surface area contributed by atoms with E-state index in [1.165, 1.54) is 29.8 Å². The van der Waals surface area contributed by atoms with Crippen LogP contribution >= 0.6 is 0 Å². The Bertz CT molecular complexity index is 388. The maximum absolute atomic E-state index is 5.10. The van der Waals surface area contributed by atoms with Gasteiger partial charge in [0.15, 0.2) is 5.82 Å². The maximum atomic E-state index is 5.10. The number of fused-ring (bicyclic) bond motifs is 1. The lowest BCUT2D eigenvalue weighted by atomic mass is 10.1. The van der Waals surface area contributed by atoms with E-state index in [9.17, 15) is 0 Å². The molecule has 1 aliphatic carbocycles. The Balaban J connectivity index is 2.02. The molecule has 15 heavy (non-hydrogen) atoms. The number of nitrogens with one attached hydrogen (secondary N) is 1. The van der Waals surface area contributed by atoms with Crippen LogP contribution in [0.2, 0.25) is 0 Å². The molecule has 0 bridgehead atoms. The van der Waals surface area contributed by atoms with Gasteiger partial charge in [0.2, 0.25) is 0 Å². The summed E-state index contributed by atoms with van der Waals surface area (Å²) in [6, 6.07) is 0. The zero-order valence-electron chi connectivity index (χ0n) is 8.92. The van der Waals surface area contributed by atoms with Gasteiger partial charge in [-0.3, -0.25) is 0 Å². The molecule has 0 spiro atoms. The van der Waals surface area contributed by atoms with E-state index in [2.05, 4.69) is 15.3 Å². The van der Waals surface area contributed by atoms with Crippen LogP contribution in [0.15, 0.2) is 0 Å². The van der Waals surface area contributed by atoms with Gasteiger partial charge in [0.1, 0.15) is 6.61 Å². The minimum atomic E-state index is 0.521. The van der Waals surface area contributed by atoms with Gasteiger partial charge in [0, 0.05) is 31.7 Å². The second-order valence-corrected chi connectivity index (χ2v) is 4.26. The molecule has 0 radical (unpaired) electrons. The predicted molar refractivity (Wildman–Crippen MR) is 55.3 cm³/mol. The highest BCUT2D eigenvalue weighted by atomic mass is 16.5. The molecule has 1 N–H and O–H groups in total. The molecule has 80 valence electrons. The molecule has 4 nitrogen and oxygen atoms in total. The molecule has 2 heterocycles. The molecule has 0 saturated heterocycles. The van der Waals surface area contributed by atoms with Crippen molar-refractivity contribution in [2.24, 2.45) is 0 Å². The van der Waals surface area contributed by atoms with E-state index in [4.69, 9.17) is 4.74 Å². The molecular formula is C11H15N3O. The molecule has 1 aromatic rings. The van der Waals surface area contributed by atoms with Crippen molar-refractivity contribution in [1.29, 1.82) is 0 Å². The zero-order chi connectivity index (χ0) is 10.3. The third kappa shape index (κ3) is 1.64. The summed E-state index contributed by atoms with van der Waals surface area (Å²) < 4.78 is 5.10. The normalized spacial score (nSPS) is 19.3. The lowest BCUT2D eigenvalue weighted by Crippen LogP contribution is -2.06. The van der Waals surface area contributed by atoms with Crippen molar-refractivity contribution >= 4 is 0 Å². The van der Waals surface area contributed by atoms with Crippen molar-refractivity contribution in [2.45, 2.75) is 38.5 Å². The zero-order valence-corrected chi connectivity index (χ0v) is 8.92.